The largest absolute Gasteiger partial charge is 0.370 e. The molecular formula is C18H32N4O2S. The molecule has 0 aliphatic heterocycles. The van der Waals surface area contributed by atoms with Crippen molar-refractivity contribution in [1.29, 1.82) is 0 Å². The average molecular weight is 369 g/mol. The Morgan fingerprint density at radius 2 is 1.84 bits per heavy atom. The van der Waals surface area contributed by atoms with E-state index in [0.717, 1.165) is 19.4 Å². The summed E-state index contributed by atoms with van der Waals surface area (Å²) in [5.41, 5.74) is 5.94. The number of hydrogen-bond donors (Lipinski definition) is 3. The average Bonchev–Trinajstić information content (AvgIpc) is 2.50. The van der Waals surface area contributed by atoms with Gasteiger partial charge < -0.3 is 11.1 Å². The molecule has 4 N–H and O–H groups in total. The highest BCUT2D eigenvalue weighted by Gasteiger charge is 2.24. The molecule has 0 saturated carbocycles. The summed E-state index contributed by atoms with van der Waals surface area (Å²) in [7, 11) is -3.60. The first-order valence-corrected chi connectivity index (χ1v) is 10.3. The first-order chi connectivity index (χ1) is 11.7. The lowest BCUT2D eigenvalue weighted by Gasteiger charge is -2.21. The topological polar surface area (TPSA) is 96.6 Å². The van der Waals surface area contributed by atoms with Gasteiger partial charge in [-0.15, -0.1) is 0 Å². The third-order valence-corrected chi connectivity index (χ3v) is 5.32. The SMILES string of the molecule is CCCCCCNC(N)=NCc1ccccc1S(=O)(=O)NC(C)(C)C. The van der Waals surface area contributed by atoms with Crippen molar-refractivity contribution in [1.82, 2.24) is 10.0 Å². The molecule has 0 amide bonds. The summed E-state index contributed by atoms with van der Waals surface area (Å²) < 4.78 is 27.8. The first-order valence-electron chi connectivity index (χ1n) is 8.81. The Morgan fingerprint density at radius 1 is 1.16 bits per heavy atom. The third kappa shape index (κ3) is 8.36. The van der Waals surface area contributed by atoms with E-state index in [1.54, 1.807) is 24.3 Å². The quantitative estimate of drug-likeness (QED) is 0.355. The van der Waals surface area contributed by atoms with Crippen molar-refractivity contribution < 1.29 is 8.42 Å². The normalized spacial score (nSPS) is 13.0. The molecule has 7 heteroatoms. The van der Waals surface area contributed by atoms with Crippen LogP contribution in [0.1, 0.15) is 58.9 Å². The first kappa shape index (κ1) is 21.4. The number of nitrogens with zero attached hydrogens (tertiary/aromatic N) is 1. The second kappa shape index (κ2) is 9.77. The maximum Gasteiger partial charge on any atom is 0.241 e. The molecule has 0 radical (unpaired) electrons. The zero-order valence-corrected chi connectivity index (χ0v) is 16.6. The smallest absolute Gasteiger partial charge is 0.241 e. The lowest BCUT2D eigenvalue weighted by molar-refractivity contribution is 0.491. The molecule has 142 valence electrons. The predicted octanol–water partition coefficient (Wildman–Crippen LogP) is 2.75. The van der Waals surface area contributed by atoms with Crippen LogP contribution in [0.2, 0.25) is 0 Å². The van der Waals surface area contributed by atoms with Crippen LogP contribution in [-0.4, -0.2) is 26.5 Å². The van der Waals surface area contributed by atoms with Gasteiger partial charge in [-0.05, 0) is 38.8 Å². The minimum absolute atomic E-state index is 0.217. The molecule has 0 saturated heterocycles. The van der Waals surface area contributed by atoms with Crippen LogP contribution in [0.5, 0.6) is 0 Å². The van der Waals surface area contributed by atoms with Crippen molar-refractivity contribution in [3.63, 3.8) is 0 Å². The van der Waals surface area contributed by atoms with Crippen LogP contribution in [0.4, 0.5) is 0 Å². The van der Waals surface area contributed by atoms with Crippen molar-refractivity contribution in [3.8, 4) is 0 Å². The number of nitrogens with two attached hydrogens (primary N) is 1. The summed E-state index contributed by atoms with van der Waals surface area (Å²) in [4.78, 5) is 4.51. The summed E-state index contributed by atoms with van der Waals surface area (Å²) >= 11 is 0. The highest BCUT2D eigenvalue weighted by molar-refractivity contribution is 7.89. The van der Waals surface area contributed by atoms with E-state index >= 15 is 0 Å². The van der Waals surface area contributed by atoms with E-state index in [0.29, 0.717) is 11.5 Å². The molecule has 0 aliphatic rings. The van der Waals surface area contributed by atoms with E-state index in [-0.39, 0.29) is 11.4 Å². The zero-order valence-electron chi connectivity index (χ0n) is 15.8. The van der Waals surface area contributed by atoms with Gasteiger partial charge in [0.15, 0.2) is 5.96 Å². The van der Waals surface area contributed by atoms with Crippen molar-refractivity contribution in [2.24, 2.45) is 10.7 Å². The molecule has 1 aromatic carbocycles. The van der Waals surface area contributed by atoms with E-state index < -0.39 is 15.6 Å². The second-order valence-corrected chi connectivity index (χ2v) is 8.80. The predicted molar refractivity (Wildman–Crippen MR) is 104 cm³/mol. The van der Waals surface area contributed by atoms with Crippen LogP contribution in [0.3, 0.4) is 0 Å². The number of sulfonamides is 1. The lowest BCUT2D eigenvalue weighted by atomic mass is 10.1. The van der Waals surface area contributed by atoms with E-state index in [9.17, 15) is 8.42 Å². The Bertz CT molecular complexity index is 664. The van der Waals surface area contributed by atoms with Crippen LogP contribution in [0.15, 0.2) is 34.2 Å². The van der Waals surface area contributed by atoms with Crippen molar-refractivity contribution in [2.75, 3.05) is 6.54 Å². The molecule has 0 aromatic heterocycles. The van der Waals surface area contributed by atoms with E-state index in [2.05, 4.69) is 22.0 Å². The van der Waals surface area contributed by atoms with Gasteiger partial charge >= 0.3 is 0 Å². The lowest BCUT2D eigenvalue weighted by Crippen LogP contribution is -2.40. The number of benzene rings is 1. The fraction of sp³-hybridized carbons (Fsp3) is 0.611. The maximum atomic E-state index is 12.6. The Kier molecular flexibility index (Phi) is 8.38. The summed E-state index contributed by atoms with van der Waals surface area (Å²) in [6.07, 6.45) is 4.61. The molecule has 0 unspecified atom stereocenters. The number of guanidine groups is 1. The minimum atomic E-state index is -3.60. The van der Waals surface area contributed by atoms with E-state index in [1.807, 2.05) is 20.8 Å². The van der Waals surface area contributed by atoms with Gasteiger partial charge in [-0.1, -0.05) is 44.4 Å². The molecule has 6 nitrogen and oxygen atoms in total. The molecule has 0 aliphatic carbocycles. The Balaban J connectivity index is 2.75. The molecule has 0 heterocycles. The Morgan fingerprint density at radius 3 is 2.48 bits per heavy atom. The van der Waals surface area contributed by atoms with Crippen molar-refractivity contribution in [3.05, 3.63) is 29.8 Å². The summed E-state index contributed by atoms with van der Waals surface area (Å²) in [6.45, 7) is 8.60. The summed E-state index contributed by atoms with van der Waals surface area (Å²) in [6, 6.07) is 6.86. The molecule has 1 aromatic rings. The molecule has 0 atom stereocenters. The fourth-order valence-corrected chi connectivity index (χ4v) is 4.00. The van der Waals surface area contributed by atoms with Gasteiger partial charge in [0.1, 0.15) is 0 Å². The van der Waals surface area contributed by atoms with Crippen LogP contribution in [-0.2, 0) is 16.6 Å². The summed E-state index contributed by atoms with van der Waals surface area (Å²) in [5.74, 6) is 0.340. The van der Waals surface area contributed by atoms with Gasteiger partial charge in [0.05, 0.1) is 11.4 Å². The van der Waals surface area contributed by atoms with Crippen LogP contribution < -0.4 is 15.8 Å². The van der Waals surface area contributed by atoms with Gasteiger partial charge in [-0.3, -0.25) is 0 Å². The van der Waals surface area contributed by atoms with Gasteiger partial charge in [-0.2, -0.15) is 0 Å². The minimum Gasteiger partial charge on any atom is -0.370 e. The number of aliphatic imine (C=N–C) groups is 1. The molecule has 0 fully saturated rings. The van der Waals surface area contributed by atoms with Crippen LogP contribution in [0.25, 0.3) is 0 Å². The molecule has 25 heavy (non-hydrogen) atoms. The molecule has 0 bridgehead atoms. The zero-order chi connectivity index (χ0) is 18.9. The number of rotatable bonds is 9. The van der Waals surface area contributed by atoms with Crippen molar-refractivity contribution >= 4 is 16.0 Å². The van der Waals surface area contributed by atoms with E-state index in [4.69, 9.17) is 5.73 Å². The monoisotopic (exact) mass is 368 g/mol. The van der Waals surface area contributed by atoms with Crippen molar-refractivity contribution in [2.45, 2.75) is 70.4 Å². The van der Waals surface area contributed by atoms with Crippen LogP contribution in [0, 0.1) is 0 Å². The highest BCUT2D eigenvalue weighted by atomic mass is 32.2. The van der Waals surface area contributed by atoms with E-state index in [1.165, 1.54) is 12.8 Å². The van der Waals surface area contributed by atoms with Gasteiger partial charge in [0.2, 0.25) is 10.0 Å². The van der Waals surface area contributed by atoms with Gasteiger partial charge in [-0.25, -0.2) is 18.1 Å². The number of nitrogens with one attached hydrogen (secondary N) is 2. The fourth-order valence-electron chi connectivity index (χ4n) is 2.35. The molecule has 1 rings (SSSR count). The van der Waals surface area contributed by atoms with Gasteiger partial charge in [0.25, 0.3) is 0 Å². The summed E-state index contributed by atoms with van der Waals surface area (Å²) in [5, 5.41) is 3.07. The number of hydrogen-bond acceptors (Lipinski definition) is 3. The molecular weight excluding hydrogens is 336 g/mol. The standard InChI is InChI=1S/C18H32N4O2S/c1-5-6-7-10-13-20-17(19)21-14-15-11-8-9-12-16(15)25(23,24)22-18(2,3)4/h8-9,11-12,22H,5-7,10,13-14H2,1-4H3,(H3,19,20,21). The highest BCUT2D eigenvalue weighted by Crippen LogP contribution is 2.18. The van der Waals surface area contributed by atoms with Crippen LogP contribution >= 0.6 is 0 Å². The number of unbranched alkanes of at least 4 members (excludes halogenated alkanes) is 3. The Hall–Kier alpha value is -1.60. The second-order valence-electron chi connectivity index (χ2n) is 7.15. The van der Waals surface area contributed by atoms with Gasteiger partial charge in [0, 0.05) is 12.1 Å². The Labute approximate surface area is 152 Å². The third-order valence-electron chi connectivity index (χ3n) is 3.46. The molecule has 0 spiro atoms. The maximum absolute atomic E-state index is 12.6.